The normalized spacial score (nSPS) is 11.0. The largest absolute Gasteiger partial charge is 0.497 e. The van der Waals surface area contributed by atoms with Gasteiger partial charge in [-0.3, -0.25) is 14.8 Å². The Morgan fingerprint density at radius 3 is 2.56 bits per heavy atom. The van der Waals surface area contributed by atoms with E-state index >= 15 is 0 Å². The Hall–Kier alpha value is -2.81. The van der Waals surface area contributed by atoms with E-state index in [2.05, 4.69) is 4.72 Å². The van der Waals surface area contributed by atoms with E-state index in [0.29, 0.717) is 12.4 Å². The third-order valence-corrected chi connectivity index (χ3v) is 4.66. The molecule has 0 atom stereocenters. The summed E-state index contributed by atoms with van der Waals surface area (Å²) in [5, 5.41) is 11.2. The summed E-state index contributed by atoms with van der Waals surface area (Å²) in [5.74, 6) is 0.543. The lowest BCUT2D eigenvalue weighted by molar-refractivity contribution is -0.387. The first-order valence-corrected chi connectivity index (χ1v) is 8.94. The van der Waals surface area contributed by atoms with Crippen molar-refractivity contribution in [1.82, 2.24) is 0 Å². The third-order valence-electron chi connectivity index (χ3n) is 3.25. The van der Waals surface area contributed by atoms with E-state index in [9.17, 15) is 18.5 Å². The van der Waals surface area contributed by atoms with Crippen LogP contribution in [0, 0.1) is 10.1 Å². The Morgan fingerprint density at radius 2 is 1.92 bits per heavy atom. The minimum Gasteiger partial charge on any atom is -0.497 e. The first-order chi connectivity index (χ1) is 11.9. The Kier molecular flexibility index (Phi) is 5.81. The van der Waals surface area contributed by atoms with Gasteiger partial charge < -0.3 is 9.47 Å². The van der Waals surface area contributed by atoms with Gasteiger partial charge in [0.1, 0.15) is 11.5 Å². The molecule has 0 spiro atoms. The van der Waals surface area contributed by atoms with Gasteiger partial charge in [-0.1, -0.05) is 19.1 Å². The van der Waals surface area contributed by atoms with Gasteiger partial charge in [0.2, 0.25) is 0 Å². The molecular formula is C16H18N2O6S. The zero-order chi connectivity index (χ0) is 18.4. The number of methoxy groups -OCH3 is 1. The van der Waals surface area contributed by atoms with E-state index in [-0.39, 0.29) is 11.4 Å². The molecule has 25 heavy (non-hydrogen) atoms. The van der Waals surface area contributed by atoms with Crippen molar-refractivity contribution in [3.8, 4) is 11.5 Å². The molecule has 9 heteroatoms. The van der Waals surface area contributed by atoms with E-state index in [0.717, 1.165) is 18.6 Å². The van der Waals surface area contributed by atoms with Gasteiger partial charge in [0, 0.05) is 0 Å². The quantitative estimate of drug-likeness (QED) is 0.568. The van der Waals surface area contributed by atoms with Crippen molar-refractivity contribution in [1.29, 1.82) is 0 Å². The summed E-state index contributed by atoms with van der Waals surface area (Å²) in [7, 11) is -2.85. The molecule has 2 aromatic rings. The molecule has 8 nitrogen and oxygen atoms in total. The maximum absolute atomic E-state index is 12.6. The summed E-state index contributed by atoms with van der Waals surface area (Å²) in [5.41, 5.74) is -0.361. The van der Waals surface area contributed by atoms with Crippen LogP contribution < -0.4 is 14.2 Å². The lowest BCUT2D eigenvalue weighted by Crippen LogP contribution is -2.15. The average Bonchev–Trinajstić information content (AvgIpc) is 2.60. The molecule has 2 rings (SSSR count). The maximum Gasteiger partial charge on any atom is 0.293 e. The van der Waals surface area contributed by atoms with Gasteiger partial charge in [0.15, 0.2) is 4.90 Å². The Labute approximate surface area is 145 Å². The minimum atomic E-state index is -4.19. The predicted octanol–water partition coefficient (Wildman–Crippen LogP) is 3.19. The Balaban J connectivity index is 2.42. The van der Waals surface area contributed by atoms with E-state index in [1.807, 2.05) is 6.92 Å². The molecular weight excluding hydrogens is 348 g/mol. The number of ether oxygens (including phenoxy) is 2. The summed E-state index contributed by atoms with van der Waals surface area (Å²) >= 11 is 0. The van der Waals surface area contributed by atoms with Crippen molar-refractivity contribution >= 4 is 21.4 Å². The zero-order valence-electron chi connectivity index (χ0n) is 13.8. The maximum atomic E-state index is 12.6. The van der Waals surface area contributed by atoms with Crippen LogP contribution in [0.4, 0.5) is 11.4 Å². The molecule has 0 radical (unpaired) electrons. The highest BCUT2D eigenvalue weighted by atomic mass is 32.2. The number of hydrogen-bond donors (Lipinski definition) is 1. The van der Waals surface area contributed by atoms with Crippen LogP contribution in [0.3, 0.4) is 0 Å². The molecule has 134 valence electrons. The fourth-order valence-corrected chi connectivity index (χ4v) is 3.31. The van der Waals surface area contributed by atoms with Gasteiger partial charge in [-0.05, 0) is 30.7 Å². The van der Waals surface area contributed by atoms with E-state index < -0.39 is 25.5 Å². The second-order valence-electron chi connectivity index (χ2n) is 5.04. The van der Waals surface area contributed by atoms with Crippen molar-refractivity contribution < 1.29 is 22.8 Å². The van der Waals surface area contributed by atoms with Crippen LogP contribution in [0.5, 0.6) is 11.5 Å². The fraction of sp³-hybridized carbons (Fsp3) is 0.250. The first kappa shape index (κ1) is 18.5. The Bertz CT molecular complexity index is 867. The number of nitrogens with zero attached hydrogens (tertiary/aromatic N) is 1. The smallest absolute Gasteiger partial charge is 0.293 e. The van der Waals surface area contributed by atoms with E-state index in [1.165, 1.54) is 19.2 Å². The van der Waals surface area contributed by atoms with E-state index in [1.54, 1.807) is 18.2 Å². The van der Waals surface area contributed by atoms with Crippen molar-refractivity contribution in [3.63, 3.8) is 0 Å². The van der Waals surface area contributed by atoms with Crippen molar-refractivity contribution in [2.75, 3.05) is 18.4 Å². The monoisotopic (exact) mass is 366 g/mol. The van der Waals surface area contributed by atoms with Crippen LogP contribution in [0.25, 0.3) is 0 Å². The second-order valence-corrected chi connectivity index (χ2v) is 6.69. The number of sulfonamides is 1. The van der Waals surface area contributed by atoms with Crippen LogP contribution in [0.1, 0.15) is 13.3 Å². The summed E-state index contributed by atoms with van der Waals surface area (Å²) in [6, 6.07) is 10.0. The number of para-hydroxylation sites is 2. The number of benzene rings is 2. The number of nitro benzene ring substituents is 1. The highest BCUT2D eigenvalue weighted by Gasteiger charge is 2.27. The molecule has 0 bridgehead atoms. The summed E-state index contributed by atoms with van der Waals surface area (Å²) < 4.78 is 38.0. The number of nitro groups is 1. The molecule has 2 aromatic carbocycles. The zero-order valence-corrected chi connectivity index (χ0v) is 14.6. The van der Waals surface area contributed by atoms with Crippen LogP contribution in [-0.2, 0) is 10.0 Å². The molecule has 0 aliphatic carbocycles. The van der Waals surface area contributed by atoms with Gasteiger partial charge in [-0.25, -0.2) is 8.42 Å². The van der Waals surface area contributed by atoms with Gasteiger partial charge in [-0.2, -0.15) is 0 Å². The highest BCUT2D eigenvalue weighted by molar-refractivity contribution is 7.92. The van der Waals surface area contributed by atoms with Gasteiger partial charge >= 0.3 is 0 Å². The average molecular weight is 366 g/mol. The van der Waals surface area contributed by atoms with Crippen molar-refractivity contribution in [2.24, 2.45) is 0 Å². The molecule has 0 saturated heterocycles. The minimum absolute atomic E-state index is 0.192. The number of rotatable bonds is 8. The molecule has 1 N–H and O–H groups in total. The molecule has 0 heterocycles. The summed E-state index contributed by atoms with van der Waals surface area (Å²) in [4.78, 5) is 10.0. The molecule has 0 amide bonds. The third kappa shape index (κ3) is 4.38. The van der Waals surface area contributed by atoms with Crippen molar-refractivity contribution in [3.05, 3.63) is 52.6 Å². The molecule has 0 aliphatic rings. The lowest BCUT2D eigenvalue weighted by Gasteiger charge is -2.13. The van der Waals surface area contributed by atoms with E-state index in [4.69, 9.17) is 9.47 Å². The van der Waals surface area contributed by atoms with Crippen LogP contribution >= 0.6 is 0 Å². The topological polar surface area (TPSA) is 108 Å². The summed E-state index contributed by atoms with van der Waals surface area (Å²) in [6.07, 6.45) is 0.755. The van der Waals surface area contributed by atoms with Crippen LogP contribution in [0.2, 0.25) is 0 Å². The molecule has 0 saturated carbocycles. The fourth-order valence-electron chi connectivity index (χ4n) is 2.08. The van der Waals surface area contributed by atoms with Gasteiger partial charge in [0.25, 0.3) is 15.7 Å². The first-order valence-electron chi connectivity index (χ1n) is 7.46. The SMILES string of the molecule is CCCOc1ccccc1NS(=O)(=O)c1ccc(OC)cc1[N+](=O)[O-]. The number of anilines is 1. The molecule has 0 unspecified atom stereocenters. The van der Waals surface area contributed by atoms with Gasteiger partial charge in [-0.15, -0.1) is 0 Å². The van der Waals surface area contributed by atoms with Crippen LogP contribution in [0.15, 0.2) is 47.4 Å². The molecule has 0 aromatic heterocycles. The molecule has 0 fully saturated rings. The van der Waals surface area contributed by atoms with Crippen molar-refractivity contribution in [2.45, 2.75) is 18.2 Å². The standard InChI is InChI=1S/C16H18N2O6S/c1-3-10-24-15-7-5-4-6-13(15)17-25(21,22)16-9-8-12(23-2)11-14(16)18(19)20/h4-9,11,17H,3,10H2,1-2H3. The number of hydrogen-bond acceptors (Lipinski definition) is 6. The van der Waals surface area contributed by atoms with Gasteiger partial charge in [0.05, 0.1) is 30.4 Å². The predicted molar refractivity (Wildman–Crippen MR) is 92.7 cm³/mol. The molecule has 0 aliphatic heterocycles. The Morgan fingerprint density at radius 1 is 1.20 bits per heavy atom. The number of nitrogens with one attached hydrogen (secondary N) is 1. The summed E-state index contributed by atoms with van der Waals surface area (Å²) in [6.45, 7) is 2.34. The lowest BCUT2D eigenvalue weighted by atomic mass is 10.3. The van der Waals surface area contributed by atoms with Crippen LogP contribution in [-0.4, -0.2) is 27.1 Å². The highest BCUT2D eigenvalue weighted by Crippen LogP contribution is 2.32. The second kappa shape index (κ2) is 7.84.